The number of aromatic nitrogens is 1. The molecule has 33 heavy (non-hydrogen) atoms. The maximum absolute atomic E-state index is 10.9. The second-order valence-corrected chi connectivity index (χ2v) is 9.74. The van der Waals surface area contributed by atoms with Crippen LogP contribution < -0.4 is 14.7 Å². The van der Waals surface area contributed by atoms with Crippen molar-refractivity contribution in [2.45, 2.75) is 30.6 Å². The Bertz CT molecular complexity index is 1390. The van der Waals surface area contributed by atoms with Gasteiger partial charge in [0.1, 0.15) is 0 Å². The lowest BCUT2D eigenvalue weighted by atomic mass is 9.93. The van der Waals surface area contributed by atoms with Crippen molar-refractivity contribution < 1.29 is 14.7 Å². The highest BCUT2D eigenvalue weighted by atomic mass is 32.2. The zero-order valence-electron chi connectivity index (χ0n) is 18.3. The van der Waals surface area contributed by atoms with Crippen LogP contribution in [0.1, 0.15) is 30.4 Å². The fourth-order valence-electron chi connectivity index (χ4n) is 5.10. The largest absolute Gasteiger partial charge is 0.659 e. The monoisotopic (exact) mass is 452 g/mol. The fraction of sp³-hybridized carbons (Fsp3) is 0.179. The van der Waals surface area contributed by atoms with Gasteiger partial charge in [0.05, 0.1) is 16.1 Å². The van der Waals surface area contributed by atoms with Gasteiger partial charge in [-0.2, -0.15) is 0 Å². The van der Waals surface area contributed by atoms with Gasteiger partial charge in [-0.25, -0.2) is 0 Å². The second kappa shape index (κ2) is 8.25. The number of rotatable bonds is 4. The molecule has 4 nitrogen and oxygen atoms in total. The van der Waals surface area contributed by atoms with E-state index in [0.717, 1.165) is 48.7 Å². The van der Waals surface area contributed by atoms with Crippen molar-refractivity contribution in [3.8, 4) is 0 Å². The number of para-hydroxylation sites is 2. The first-order chi connectivity index (χ1) is 16.2. The molecule has 2 aliphatic heterocycles. The van der Waals surface area contributed by atoms with Gasteiger partial charge in [-0.15, -0.1) is 4.57 Å². The predicted molar refractivity (Wildman–Crippen MR) is 132 cm³/mol. The van der Waals surface area contributed by atoms with E-state index in [4.69, 9.17) is 0 Å². The molecule has 1 aliphatic carbocycles. The summed E-state index contributed by atoms with van der Waals surface area (Å²) in [5.74, 6) is 0.0667. The zero-order chi connectivity index (χ0) is 22.4. The van der Waals surface area contributed by atoms with E-state index in [1.807, 2.05) is 42.2 Å². The van der Waals surface area contributed by atoms with Gasteiger partial charge in [0.2, 0.25) is 5.52 Å². The molecule has 164 valence electrons. The molecular formula is C28H24N2O2S. The molecule has 5 heteroatoms. The Balaban J connectivity index is 1.35. The maximum atomic E-state index is 10.9. The van der Waals surface area contributed by atoms with Gasteiger partial charge in [0.25, 0.3) is 0 Å². The first-order valence-corrected chi connectivity index (χ1v) is 12.2. The Morgan fingerprint density at radius 2 is 1.97 bits per heavy atom. The minimum absolute atomic E-state index is 0.0667. The van der Waals surface area contributed by atoms with E-state index in [0.29, 0.717) is 0 Å². The lowest BCUT2D eigenvalue weighted by molar-refractivity contribution is -0.718. The van der Waals surface area contributed by atoms with Crippen LogP contribution in [-0.4, -0.2) is 6.54 Å². The predicted octanol–water partition coefficient (Wildman–Crippen LogP) is 5.35. The molecule has 3 aromatic rings. The van der Waals surface area contributed by atoms with Crippen LogP contribution in [0.3, 0.4) is 0 Å². The van der Waals surface area contributed by atoms with Crippen molar-refractivity contribution in [3.05, 3.63) is 101 Å². The lowest BCUT2D eigenvalue weighted by Crippen LogP contribution is -2.35. The smallest absolute Gasteiger partial charge is 0.360 e. The van der Waals surface area contributed by atoms with Gasteiger partial charge in [-0.05, 0) is 66.2 Å². The summed E-state index contributed by atoms with van der Waals surface area (Å²) >= 11 is 1.90. The van der Waals surface area contributed by atoms with Gasteiger partial charge in [0, 0.05) is 30.2 Å². The number of thioether (sulfide) groups is 1. The Labute approximate surface area is 197 Å². The van der Waals surface area contributed by atoms with Crippen LogP contribution in [-0.2, 0) is 11.3 Å². The SMILES string of the molecule is C=C(O[O-])[n+]1ccc(/C=C2C=C(/C=C3\Sc4cccc5c4N3CC5)CCC/2)c2ccccc21. The van der Waals surface area contributed by atoms with E-state index < -0.39 is 0 Å². The van der Waals surface area contributed by atoms with Gasteiger partial charge < -0.3 is 15.0 Å². The van der Waals surface area contributed by atoms with E-state index in [1.54, 1.807) is 4.57 Å². The Morgan fingerprint density at radius 3 is 2.88 bits per heavy atom. The maximum Gasteiger partial charge on any atom is 0.360 e. The topological polar surface area (TPSA) is 39.4 Å². The molecule has 0 saturated heterocycles. The molecule has 0 unspecified atom stereocenters. The molecule has 0 saturated carbocycles. The number of pyridine rings is 1. The summed E-state index contributed by atoms with van der Waals surface area (Å²) in [6.07, 6.45) is 13.3. The van der Waals surface area contributed by atoms with Gasteiger partial charge in [-0.3, -0.25) is 0 Å². The quantitative estimate of drug-likeness (QED) is 0.232. The second-order valence-electron chi connectivity index (χ2n) is 8.68. The molecule has 3 heterocycles. The van der Waals surface area contributed by atoms with Crippen LogP contribution in [0.15, 0.2) is 94.5 Å². The molecule has 2 aromatic carbocycles. The van der Waals surface area contributed by atoms with Crippen LogP contribution >= 0.6 is 11.8 Å². The van der Waals surface area contributed by atoms with Crippen LogP contribution in [0.2, 0.25) is 0 Å². The highest BCUT2D eigenvalue weighted by Gasteiger charge is 2.31. The van der Waals surface area contributed by atoms with Crippen LogP contribution in [0.25, 0.3) is 22.9 Å². The van der Waals surface area contributed by atoms with E-state index in [9.17, 15) is 5.26 Å². The molecule has 0 fully saturated rings. The highest BCUT2D eigenvalue weighted by Crippen LogP contribution is 2.51. The normalized spacial score (nSPS) is 19.3. The van der Waals surface area contributed by atoms with Crippen molar-refractivity contribution in [2.75, 3.05) is 11.4 Å². The summed E-state index contributed by atoms with van der Waals surface area (Å²) in [6.45, 7) is 4.80. The average molecular weight is 453 g/mol. The molecular weight excluding hydrogens is 428 g/mol. The lowest BCUT2D eigenvalue weighted by Gasteiger charge is -2.17. The fourth-order valence-corrected chi connectivity index (χ4v) is 6.31. The number of allylic oxidation sites excluding steroid dienone is 4. The third kappa shape index (κ3) is 3.58. The van der Waals surface area contributed by atoms with E-state index in [2.05, 4.69) is 58.9 Å². The molecule has 0 radical (unpaired) electrons. The number of benzene rings is 2. The molecule has 1 aromatic heterocycles. The number of nitrogens with zero attached hydrogens (tertiary/aromatic N) is 2. The zero-order valence-corrected chi connectivity index (χ0v) is 19.1. The van der Waals surface area contributed by atoms with Gasteiger partial charge in [0.15, 0.2) is 6.20 Å². The van der Waals surface area contributed by atoms with Crippen molar-refractivity contribution in [1.29, 1.82) is 0 Å². The minimum Gasteiger partial charge on any atom is -0.659 e. The molecule has 3 aliphatic rings. The number of hydrogen-bond acceptors (Lipinski definition) is 4. The Kier molecular flexibility index (Phi) is 5.08. The van der Waals surface area contributed by atoms with Crippen molar-refractivity contribution in [2.24, 2.45) is 0 Å². The summed E-state index contributed by atoms with van der Waals surface area (Å²) in [5.41, 5.74) is 7.65. The van der Waals surface area contributed by atoms with Crippen LogP contribution in [0.4, 0.5) is 5.69 Å². The molecule has 0 atom stereocenters. The highest BCUT2D eigenvalue weighted by molar-refractivity contribution is 8.03. The molecule has 6 rings (SSSR count). The number of fused-ring (bicyclic) bond motifs is 1. The number of hydrogen-bond donors (Lipinski definition) is 0. The average Bonchev–Trinajstić information content (AvgIpc) is 3.44. The first kappa shape index (κ1) is 20.3. The van der Waals surface area contributed by atoms with Crippen molar-refractivity contribution in [3.63, 3.8) is 0 Å². The molecule has 0 spiro atoms. The summed E-state index contributed by atoms with van der Waals surface area (Å²) in [6, 6.07) is 16.7. The minimum atomic E-state index is 0.0667. The van der Waals surface area contributed by atoms with E-state index in [1.165, 1.54) is 32.3 Å². The summed E-state index contributed by atoms with van der Waals surface area (Å²) in [5, 5.41) is 13.3. The van der Waals surface area contributed by atoms with Gasteiger partial charge >= 0.3 is 5.88 Å². The van der Waals surface area contributed by atoms with Gasteiger partial charge in [-0.1, -0.05) is 48.2 Å². The molecule has 0 amide bonds. The Morgan fingerprint density at radius 1 is 1.06 bits per heavy atom. The number of anilines is 1. The van der Waals surface area contributed by atoms with E-state index in [-0.39, 0.29) is 5.88 Å². The van der Waals surface area contributed by atoms with Crippen LogP contribution in [0, 0.1) is 0 Å². The third-order valence-corrected chi connectivity index (χ3v) is 7.73. The van der Waals surface area contributed by atoms with Crippen molar-refractivity contribution in [1.82, 2.24) is 0 Å². The first-order valence-electron chi connectivity index (χ1n) is 11.3. The summed E-state index contributed by atoms with van der Waals surface area (Å²) in [7, 11) is 0. The third-order valence-electron chi connectivity index (χ3n) is 6.63. The molecule has 0 N–H and O–H groups in total. The standard InChI is InChI=1S/C28H24N2O2S/c1-19(32-31)29-14-13-23(24-9-2-3-10-25(24)29)17-20-6-4-7-21(16-20)18-27-30-15-12-22-8-5-11-26(33-27)28(22)30/h2-3,5,8-11,13-14,16-18H,1,4,6-7,12,15H2. The Hall–Kier alpha value is -3.28. The summed E-state index contributed by atoms with van der Waals surface area (Å²) in [4.78, 5) is 8.01. The van der Waals surface area contributed by atoms with Crippen molar-refractivity contribution >= 4 is 40.3 Å². The summed E-state index contributed by atoms with van der Waals surface area (Å²) < 4.78 is 1.69. The van der Waals surface area contributed by atoms with E-state index >= 15 is 0 Å². The molecule has 0 bridgehead atoms. The van der Waals surface area contributed by atoms with Crippen LogP contribution in [0.5, 0.6) is 0 Å².